The molecule has 0 aromatic carbocycles. The zero-order valence-corrected chi connectivity index (χ0v) is 14.3. The van der Waals surface area contributed by atoms with Crippen molar-refractivity contribution >= 4 is 17.5 Å². The van der Waals surface area contributed by atoms with E-state index in [1.165, 1.54) is 13.2 Å². The Morgan fingerprint density at radius 3 is 2.74 bits per heavy atom. The first-order valence-corrected chi connectivity index (χ1v) is 7.64. The monoisotopic (exact) mass is 320 g/mol. The highest BCUT2D eigenvalue weighted by molar-refractivity contribution is 6.49. The highest BCUT2D eigenvalue weighted by Gasteiger charge is 2.33. The molecule has 7 nitrogen and oxygen atoms in total. The molecule has 23 heavy (non-hydrogen) atoms. The second kappa shape index (κ2) is 6.54. The number of carbonyl (C=O) groups is 1. The van der Waals surface area contributed by atoms with Crippen LogP contribution in [0.15, 0.2) is 33.1 Å². The molecule has 0 aliphatic carbocycles. The molecule has 0 saturated heterocycles. The highest BCUT2D eigenvalue weighted by Crippen LogP contribution is 2.32. The van der Waals surface area contributed by atoms with Crippen molar-refractivity contribution in [1.29, 1.82) is 0 Å². The number of amidine groups is 1. The number of nitrogens with one attached hydrogen (secondary N) is 1. The second-order valence-corrected chi connectivity index (χ2v) is 6.40. The SMILES string of the molecule is CN=C1N=C(C(=O)NC)C(=CN(O)C(C)(C)C)C2=C1CCCO2. The topological polar surface area (TPSA) is 86.5 Å². The van der Waals surface area contributed by atoms with Gasteiger partial charge in [-0.15, -0.1) is 0 Å². The molecule has 2 N–H and O–H groups in total. The summed E-state index contributed by atoms with van der Waals surface area (Å²) >= 11 is 0. The molecule has 0 atom stereocenters. The minimum absolute atomic E-state index is 0.192. The van der Waals surface area contributed by atoms with Crippen LogP contribution in [0.1, 0.15) is 33.6 Å². The number of aliphatic imine (C=N–C) groups is 2. The maximum absolute atomic E-state index is 12.2. The van der Waals surface area contributed by atoms with Gasteiger partial charge in [-0.1, -0.05) is 0 Å². The Morgan fingerprint density at radius 1 is 1.48 bits per heavy atom. The van der Waals surface area contributed by atoms with Crippen molar-refractivity contribution in [1.82, 2.24) is 10.4 Å². The van der Waals surface area contributed by atoms with Crippen LogP contribution in [-0.2, 0) is 9.53 Å². The Bertz CT molecular complexity index is 624. The summed E-state index contributed by atoms with van der Waals surface area (Å²) in [6.07, 6.45) is 3.16. The molecule has 0 radical (unpaired) electrons. The quantitative estimate of drug-likeness (QED) is 0.758. The lowest BCUT2D eigenvalue weighted by atomic mass is 9.94. The van der Waals surface area contributed by atoms with Gasteiger partial charge in [0.15, 0.2) is 5.84 Å². The summed E-state index contributed by atoms with van der Waals surface area (Å²) in [7, 11) is 3.18. The van der Waals surface area contributed by atoms with Gasteiger partial charge in [-0.05, 0) is 33.6 Å². The van der Waals surface area contributed by atoms with E-state index in [1.54, 1.807) is 7.05 Å². The lowest BCUT2D eigenvalue weighted by molar-refractivity contribution is -0.114. The van der Waals surface area contributed by atoms with Gasteiger partial charge in [-0.25, -0.2) is 4.99 Å². The molecule has 2 aliphatic heterocycles. The summed E-state index contributed by atoms with van der Waals surface area (Å²) in [5.74, 6) is 0.741. The number of dihydropyridines is 1. The summed E-state index contributed by atoms with van der Waals surface area (Å²) in [5.41, 5.74) is 1.02. The van der Waals surface area contributed by atoms with E-state index in [1.807, 2.05) is 20.8 Å². The largest absolute Gasteiger partial charge is 0.492 e. The Morgan fingerprint density at radius 2 is 2.17 bits per heavy atom. The molecule has 0 fully saturated rings. The fraction of sp³-hybridized carbons (Fsp3) is 0.562. The van der Waals surface area contributed by atoms with E-state index in [0.29, 0.717) is 23.8 Å². The molecule has 126 valence electrons. The van der Waals surface area contributed by atoms with Gasteiger partial charge >= 0.3 is 0 Å². The van der Waals surface area contributed by atoms with Crippen LogP contribution >= 0.6 is 0 Å². The summed E-state index contributed by atoms with van der Waals surface area (Å²) < 4.78 is 5.80. The number of hydrogen-bond acceptors (Lipinski definition) is 5. The van der Waals surface area contributed by atoms with Crippen molar-refractivity contribution in [2.45, 2.75) is 39.2 Å². The van der Waals surface area contributed by atoms with Crippen molar-refractivity contribution in [3.05, 3.63) is 23.1 Å². The molecule has 1 amide bonds. The van der Waals surface area contributed by atoms with Crippen molar-refractivity contribution < 1.29 is 14.7 Å². The number of nitrogens with zero attached hydrogens (tertiary/aromatic N) is 3. The number of amides is 1. The zero-order chi connectivity index (χ0) is 17.2. The molecular weight excluding hydrogens is 296 g/mol. The van der Waals surface area contributed by atoms with Crippen LogP contribution in [0.2, 0.25) is 0 Å². The van der Waals surface area contributed by atoms with Gasteiger partial charge in [-0.2, -0.15) is 0 Å². The molecule has 2 aliphatic rings. The van der Waals surface area contributed by atoms with Crippen LogP contribution < -0.4 is 5.32 Å². The van der Waals surface area contributed by atoms with Crippen LogP contribution in [0.4, 0.5) is 0 Å². The standard InChI is InChI=1S/C16H24N4O3/c1-16(2,3)20(22)9-11-12(15(21)18-5)19-14(17-4)10-7-6-8-23-13(10)11/h9,22H,6-8H2,1-5H3,(H,18,21). The van der Waals surface area contributed by atoms with Crippen LogP contribution in [0.25, 0.3) is 0 Å². The van der Waals surface area contributed by atoms with Gasteiger partial charge in [0.2, 0.25) is 0 Å². The predicted molar refractivity (Wildman–Crippen MR) is 88.5 cm³/mol. The molecule has 0 aromatic heterocycles. The van der Waals surface area contributed by atoms with Crippen molar-refractivity contribution in [2.75, 3.05) is 20.7 Å². The Kier molecular flexibility index (Phi) is 4.89. The van der Waals surface area contributed by atoms with Crippen molar-refractivity contribution in [2.24, 2.45) is 9.98 Å². The van der Waals surface area contributed by atoms with Crippen molar-refractivity contribution in [3.8, 4) is 0 Å². The van der Waals surface area contributed by atoms with Crippen LogP contribution in [0.5, 0.6) is 0 Å². The van der Waals surface area contributed by atoms with E-state index in [0.717, 1.165) is 23.5 Å². The molecular formula is C16H24N4O3. The smallest absolute Gasteiger partial charge is 0.270 e. The molecule has 2 heterocycles. The summed E-state index contributed by atoms with van der Waals surface area (Å²) in [4.78, 5) is 20.8. The third-order valence-electron chi connectivity index (χ3n) is 3.67. The molecule has 2 rings (SSSR count). The van der Waals surface area contributed by atoms with E-state index < -0.39 is 5.54 Å². The van der Waals surface area contributed by atoms with Crippen LogP contribution in [0, 0.1) is 0 Å². The number of rotatable bonds is 2. The predicted octanol–water partition coefficient (Wildman–Crippen LogP) is 1.65. The van der Waals surface area contributed by atoms with Gasteiger partial charge in [0.05, 0.1) is 17.7 Å². The van der Waals surface area contributed by atoms with E-state index in [-0.39, 0.29) is 11.6 Å². The van der Waals surface area contributed by atoms with Gasteiger partial charge in [0, 0.05) is 25.9 Å². The highest BCUT2D eigenvalue weighted by atomic mass is 16.5. The third-order valence-corrected chi connectivity index (χ3v) is 3.67. The molecule has 0 unspecified atom stereocenters. The van der Waals surface area contributed by atoms with Gasteiger partial charge in [0.25, 0.3) is 5.91 Å². The fourth-order valence-corrected chi connectivity index (χ4v) is 2.33. The summed E-state index contributed by atoms with van der Waals surface area (Å²) in [5, 5.41) is 13.9. The minimum atomic E-state index is -0.519. The van der Waals surface area contributed by atoms with Gasteiger partial charge < -0.3 is 10.1 Å². The number of ether oxygens (including phenoxy) is 1. The molecule has 0 saturated carbocycles. The van der Waals surface area contributed by atoms with Crippen LogP contribution in [0.3, 0.4) is 0 Å². The lowest BCUT2D eigenvalue weighted by Crippen LogP contribution is -2.38. The Hall–Kier alpha value is -2.15. The number of hydroxylamine groups is 2. The van der Waals surface area contributed by atoms with Crippen molar-refractivity contribution in [3.63, 3.8) is 0 Å². The fourth-order valence-electron chi connectivity index (χ4n) is 2.33. The number of carbonyl (C=O) groups excluding carboxylic acids is 1. The second-order valence-electron chi connectivity index (χ2n) is 6.40. The molecule has 0 bridgehead atoms. The van der Waals surface area contributed by atoms with E-state index >= 15 is 0 Å². The maximum Gasteiger partial charge on any atom is 0.270 e. The summed E-state index contributed by atoms with van der Waals surface area (Å²) in [6, 6.07) is 0. The van der Waals surface area contributed by atoms with E-state index in [2.05, 4.69) is 15.3 Å². The normalized spacial score (nSPS) is 21.7. The third kappa shape index (κ3) is 3.44. The Balaban J connectivity index is 2.59. The van der Waals surface area contributed by atoms with Gasteiger partial charge in [-0.3, -0.25) is 20.1 Å². The first kappa shape index (κ1) is 17.2. The molecule has 7 heteroatoms. The zero-order valence-electron chi connectivity index (χ0n) is 14.3. The van der Waals surface area contributed by atoms with E-state index in [9.17, 15) is 10.0 Å². The molecule has 0 spiro atoms. The number of hydrogen-bond donors (Lipinski definition) is 2. The maximum atomic E-state index is 12.2. The van der Waals surface area contributed by atoms with Gasteiger partial charge in [0.1, 0.15) is 11.5 Å². The lowest BCUT2D eigenvalue weighted by Gasteiger charge is -2.32. The average molecular weight is 320 g/mol. The first-order chi connectivity index (χ1) is 10.8. The Labute approximate surface area is 136 Å². The summed E-state index contributed by atoms with van der Waals surface area (Å²) in [6.45, 7) is 6.15. The molecule has 0 aromatic rings. The first-order valence-electron chi connectivity index (χ1n) is 7.64. The minimum Gasteiger partial charge on any atom is -0.492 e. The van der Waals surface area contributed by atoms with Crippen LogP contribution in [-0.4, -0.2) is 54.0 Å². The van der Waals surface area contributed by atoms with E-state index in [4.69, 9.17) is 4.74 Å². The average Bonchev–Trinajstić information content (AvgIpc) is 2.53. The number of allylic oxidation sites excluding steroid dienone is 1.